The van der Waals surface area contributed by atoms with Gasteiger partial charge in [-0.1, -0.05) is 19.4 Å². The summed E-state index contributed by atoms with van der Waals surface area (Å²) in [7, 11) is 1.74. The molecule has 2 aliphatic carbocycles. The number of hydrogen-bond acceptors (Lipinski definition) is 11. The normalized spacial score (nSPS) is 27.1. The molecular formula is C49H72N10O5. The van der Waals surface area contributed by atoms with Gasteiger partial charge < -0.3 is 29.5 Å². The molecule has 2 saturated carbocycles. The molecule has 0 bridgehead atoms. The monoisotopic (exact) mass is 881 g/mol. The number of aliphatic hydroxyl groups is 1. The molecule has 15 nitrogen and oxygen atoms in total. The summed E-state index contributed by atoms with van der Waals surface area (Å²) in [5, 5.41) is 17.4. The zero-order chi connectivity index (χ0) is 44.3. The number of aryl methyl sites for hydroxylation is 1. The Morgan fingerprint density at radius 1 is 0.922 bits per heavy atom. The minimum Gasteiger partial charge on any atom is -0.393 e. The van der Waals surface area contributed by atoms with Gasteiger partial charge in [0, 0.05) is 109 Å². The van der Waals surface area contributed by atoms with Gasteiger partial charge in [0.05, 0.1) is 23.2 Å². The Bertz CT molecular complexity index is 2300. The second-order valence-electron chi connectivity index (χ2n) is 20.0. The SMILES string of the molecule is CCC[C@H](C)Nc1ncc2c(n1)n([C@H]1CC[C@H](O)CC1)cc2[C@H]1CC[C@H](CN2CCN(CCCO[C@H]3CCN(Cc4ccc5c(c4)n(C)c(=O)n5C4CCC(=O)NC4=O)C3)CC2)CC1. The van der Waals surface area contributed by atoms with E-state index in [4.69, 9.17) is 14.7 Å². The van der Waals surface area contributed by atoms with E-state index < -0.39 is 11.9 Å². The van der Waals surface area contributed by atoms with Crippen molar-refractivity contribution in [2.24, 2.45) is 13.0 Å². The van der Waals surface area contributed by atoms with Crippen molar-refractivity contribution >= 4 is 39.8 Å². The van der Waals surface area contributed by atoms with Crippen LogP contribution in [0.4, 0.5) is 5.95 Å². The molecule has 348 valence electrons. The third-order valence-corrected chi connectivity index (χ3v) is 15.3. The average Bonchev–Trinajstić information content (AvgIpc) is 3.97. The number of hydrogen-bond donors (Lipinski definition) is 3. The van der Waals surface area contributed by atoms with Crippen molar-refractivity contribution in [1.29, 1.82) is 0 Å². The van der Waals surface area contributed by atoms with Crippen LogP contribution in [-0.4, -0.2) is 133 Å². The zero-order valence-corrected chi connectivity index (χ0v) is 38.6. The highest BCUT2D eigenvalue weighted by Gasteiger charge is 2.33. The van der Waals surface area contributed by atoms with Crippen molar-refractivity contribution in [3.8, 4) is 0 Å². The maximum absolute atomic E-state index is 13.2. The first-order chi connectivity index (χ1) is 31.1. The van der Waals surface area contributed by atoms with Crippen LogP contribution >= 0.6 is 0 Å². The van der Waals surface area contributed by atoms with E-state index in [0.717, 1.165) is 144 Å². The molecule has 5 aliphatic rings. The van der Waals surface area contributed by atoms with Crippen molar-refractivity contribution < 1.29 is 19.4 Å². The number of nitrogens with zero attached hydrogens (tertiary/aromatic N) is 8. The summed E-state index contributed by atoms with van der Waals surface area (Å²) < 4.78 is 12.0. The number of piperidine rings is 1. The molecule has 4 aromatic rings. The van der Waals surface area contributed by atoms with E-state index in [1.54, 1.807) is 16.2 Å². The van der Waals surface area contributed by atoms with Crippen molar-refractivity contribution in [3.05, 3.63) is 52.2 Å². The molecule has 15 heteroatoms. The van der Waals surface area contributed by atoms with E-state index in [1.165, 1.54) is 43.2 Å². The maximum Gasteiger partial charge on any atom is 0.329 e. The van der Waals surface area contributed by atoms with Gasteiger partial charge in [-0.15, -0.1) is 0 Å². The van der Waals surface area contributed by atoms with Crippen LogP contribution in [0, 0.1) is 5.92 Å². The summed E-state index contributed by atoms with van der Waals surface area (Å²) in [5.74, 6) is 1.33. The summed E-state index contributed by atoms with van der Waals surface area (Å²) in [4.78, 5) is 55.2. The van der Waals surface area contributed by atoms with E-state index in [9.17, 15) is 19.5 Å². The largest absolute Gasteiger partial charge is 0.393 e. The number of likely N-dealkylation sites (tertiary alicyclic amines) is 1. The van der Waals surface area contributed by atoms with Crippen LogP contribution in [-0.2, 0) is 27.9 Å². The van der Waals surface area contributed by atoms with Crippen LogP contribution in [0.3, 0.4) is 0 Å². The maximum atomic E-state index is 13.2. The zero-order valence-electron chi connectivity index (χ0n) is 38.6. The molecular weight excluding hydrogens is 809 g/mol. The van der Waals surface area contributed by atoms with E-state index in [2.05, 4.69) is 68.3 Å². The highest BCUT2D eigenvalue weighted by Crippen LogP contribution is 2.42. The van der Waals surface area contributed by atoms with Crippen molar-refractivity contribution in [2.75, 3.05) is 64.3 Å². The molecule has 3 aliphatic heterocycles. The highest BCUT2D eigenvalue weighted by atomic mass is 16.5. The quantitative estimate of drug-likeness (QED) is 0.0937. The number of benzene rings is 1. The van der Waals surface area contributed by atoms with Gasteiger partial charge in [-0.2, -0.15) is 4.98 Å². The first-order valence-electron chi connectivity index (χ1n) is 24.7. The molecule has 5 fully saturated rings. The van der Waals surface area contributed by atoms with Crippen LogP contribution in [0.5, 0.6) is 0 Å². The van der Waals surface area contributed by atoms with Gasteiger partial charge in [0.15, 0.2) is 0 Å². The smallest absolute Gasteiger partial charge is 0.329 e. The van der Waals surface area contributed by atoms with E-state index >= 15 is 0 Å². The molecule has 1 aromatic carbocycles. The molecule has 3 N–H and O–H groups in total. The molecule has 3 atom stereocenters. The Labute approximate surface area is 377 Å². The third kappa shape index (κ3) is 10.1. The number of ether oxygens (including phenoxy) is 1. The predicted molar refractivity (Wildman–Crippen MR) is 249 cm³/mol. The molecule has 64 heavy (non-hydrogen) atoms. The lowest BCUT2D eigenvalue weighted by Crippen LogP contribution is -2.48. The summed E-state index contributed by atoms with van der Waals surface area (Å²) in [6.45, 7) is 14.7. The molecule has 0 spiro atoms. The van der Waals surface area contributed by atoms with Gasteiger partial charge in [0.1, 0.15) is 11.7 Å². The number of imidazole rings is 1. The van der Waals surface area contributed by atoms with Crippen LogP contribution in [0.25, 0.3) is 22.1 Å². The standard InChI is InChI=1S/C49H72N10O5/c1-4-6-33(2)51-48-50-28-40-41(32-58(46(40)53-48)37-12-14-38(60)15-13-37)36-10-7-34(8-11-36)29-56-24-22-55(23-25-56)20-5-26-64-39-19-21-57(31-39)30-35-9-16-42-44(27-35)54(3)49(63)59(42)43-17-18-45(61)52-47(43)62/h9,16,27-28,32-34,36-39,43,60H,4-8,10-15,17-26,29-31H2,1-3H3,(H,50,51,53)(H,52,61,62)/t33-,34-,36-,37-,38-,39-,43?/m0/s1. The fourth-order valence-corrected chi connectivity index (χ4v) is 11.6. The molecule has 3 saturated heterocycles. The summed E-state index contributed by atoms with van der Waals surface area (Å²) in [6, 6.07) is 6.10. The Hall–Kier alpha value is -4.15. The number of carbonyl (C=O) groups excluding carboxylic acids is 2. The number of nitrogens with one attached hydrogen (secondary N) is 2. The molecule has 3 aromatic heterocycles. The van der Waals surface area contributed by atoms with E-state index in [1.807, 2.05) is 6.07 Å². The minimum atomic E-state index is -0.674. The molecule has 9 rings (SSSR count). The van der Waals surface area contributed by atoms with Gasteiger partial charge in [-0.05, 0) is 119 Å². The summed E-state index contributed by atoms with van der Waals surface area (Å²) in [6.07, 6.45) is 18.1. The number of fused-ring (bicyclic) bond motifs is 2. The first kappa shape index (κ1) is 45.0. The first-order valence-corrected chi connectivity index (χ1v) is 24.7. The number of imide groups is 1. The lowest BCUT2D eigenvalue weighted by Gasteiger charge is -2.38. The van der Waals surface area contributed by atoms with Gasteiger partial charge in [0.25, 0.3) is 0 Å². The second-order valence-corrected chi connectivity index (χ2v) is 20.0. The fraction of sp³-hybridized carbons (Fsp3) is 0.694. The number of carbonyl (C=O) groups is 2. The van der Waals surface area contributed by atoms with Gasteiger partial charge in [0.2, 0.25) is 17.8 Å². The number of rotatable bonds is 16. The average molecular weight is 881 g/mol. The van der Waals surface area contributed by atoms with Crippen LogP contribution in [0.2, 0.25) is 0 Å². The Kier molecular flexibility index (Phi) is 14.2. The lowest BCUT2D eigenvalue weighted by atomic mass is 9.78. The van der Waals surface area contributed by atoms with Crippen LogP contribution in [0.1, 0.15) is 133 Å². The second kappa shape index (κ2) is 20.2. The minimum absolute atomic E-state index is 0.172. The molecule has 6 heterocycles. The van der Waals surface area contributed by atoms with Crippen LogP contribution < -0.4 is 16.3 Å². The molecule has 1 unspecified atom stereocenters. The topological polar surface area (TPSA) is 155 Å². The van der Waals surface area contributed by atoms with Crippen molar-refractivity contribution in [2.45, 2.75) is 147 Å². The van der Waals surface area contributed by atoms with Crippen molar-refractivity contribution in [3.63, 3.8) is 0 Å². The predicted octanol–water partition coefficient (Wildman–Crippen LogP) is 5.71. The number of anilines is 1. The number of piperazine rings is 1. The Morgan fingerprint density at radius 2 is 1.70 bits per heavy atom. The van der Waals surface area contributed by atoms with E-state index in [-0.39, 0.29) is 30.2 Å². The van der Waals surface area contributed by atoms with Crippen molar-refractivity contribution in [1.82, 2.24) is 43.7 Å². The van der Waals surface area contributed by atoms with E-state index in [0.29, 0.717) is 24.4 Å². The summed E-state index contributed by atoms with van der Waals surface area (Å²) in [5.41, 5.74) is 4.91. The number of aliphatic hydroxyl groups excluding tert-OH is 1. The Balaban J connectivity index is 0.689. The Morgan fingerprint density at radius 3 is 2.47 bits per heavy atom. The number of aromatic nitrogens is 5. The molecule has 0 radical (unpaired) electrons. The lowest BCUT2D eigenvalue weighted by molar-refractivity contribution is -0.135. The molecule has 2 amide bonds. The third-order valence-electron chi connectivity index (χ3n) is 15.3. The highest BCUT2D eigenvalue weighted by molar-refractivity contribution is 6.00. The fourth-order valence-electron chi connectivity index (χ4n) is 11.6. The van der Waals surface area contributed by atoms with Gasteiger partial charge in [-0.3, -0.25) is 28.9 Å². The number of amides is 2. The van der Waals surface area contributed by atoms with Gasteiger partial charge >= 0.3 is 5.69 Å². The van der Waals surface area contributed by atoms with Crippen LogP contribution in [0.15, 0.2) is 35.4 Å². The summed E-state index contributed by atoms with van der Waals surface area (Å²) >= 11 is 0. The van der Waals surface area contributed by atoms with Gasteiger partial charge in [-0.25, -0.2) is 9.78 Å².